The van der Waals surface area contributed by atoms with Crippen LogP contribution in [0.4, 0.5) is 5.95 Å². The second-order valence-corrected chi connectivity index (χ2v) is 6.00. The molecule has 5 nitrogen and oxygen atoms in total. The zero-order valence-electron chi connectivity index (χ0n) is 14.4. The number of nitrogens with zero attached hydrogens (tertiary/aromatic N) is 3. The van der Waals surface area contributed by atoms with Gasteiger partial charge in [-0.3, -0.25) is 0 Å². The van der Waals surface area contributed by atoms with Gasteiger partial charge in [0.15, 0.2) is 0 Å². The van der Waals surface area contributed by atoms with Crippen molar-refractivity contribution in [1.29, 1.82) is 0 Å². The van der Waals surface area contributed by atoms with E-state index in [4.69, 9.17) is 4.52 Å². The molecule has 2 aromatic carbocycles. The highest BCUT2D eigenvalue weighted by Gasteiger charge is 2.12. The number of nitrogens with one attached hydrogen (secondary N) is 1. The predicted molar refractivity (Wildman–Crippen MR) is 99.5 cm³/mol. The maximum Gasteiger partial charge on any atom is 0.222 e. The lowest BCUT2D eigenvalue weighted by atomic mass is 9.97. The summed E-state index contributed by atoms with van der Waals surface area (Å²) in [5.74, 6) is 1.46. The van der Waals surface area contributed by atoms with E-state index in [0.717, 1.165) is 44.6 Å². The van der Waals surface area contributed by atoms with Gasteiger partial charge in [0.25, 0.3) is 0 Å². The minimum atomic E-state index is 0.626. The number of anilines is 1. The molecule has 0 aliphatic heterocycles. The van der Waals surface area contributed by atoms with Gasteiger partial charge in [-0.1, -0.05) is 29.4 Å². The van der Waals surface area contributed by atoms with Crippen LogP contribution in [-0.2, 0) is 0 Å². The first-order chi connectivity index (χ1) is 12.2. The van der Waals surface area contributed by atoms with Gasteiger partial charge in [-0.2, -0.15) is 0 Å². The highest BCUT2D eigenvalue weighted by Crippen LogP contribution is 2.31. The number of rotatable bonds is 3. The van der Waals surface area contributed by atoms with E-state index in [2.05, 4.69) is 56.8 Å². The molecule has 0 spiro atoms. The molecule has 0 bridgehead atoms. The summed E-state index contributed by atoms with van der Waals surface area (Å²) in [4.78, 5) is 8.77. The van der Waals surface area contributed by atoms with Crippen LogP contribution in [0.1, 0.15) is 11.5 Å². The lowest BCUT2D eigenvalue weighted by Crippen LogP contribution is -1.95. The number of hydrogen-bond donors (Lipinski definition) is 1. The Kier molecular flexibility index (Phi) is 3.69. The van der Waals surface area contributed by atoms with Crippen LogP contribution in [0, 0.1) is 13.8 Å². The molecule has 0 amide bonds. The molecule has 4 aromatic rings. The van der Waals surface area contributed by atoms with Gasteiger partial charge in [0.2, 0.25) is 5.95 Å². The molecule has 0 aliphatic rings. The van der Waals surface area contributed by atoms with Gasteiger partial charge in [-0.05, 0) is 48.7 Å². The minimum absolute atomic E-state index is 0.626. The Hall–Kier alpha value is -3.21. The van der Waals surface area contributed by atoms with Crippen LogP contribution in [0.5, 0.6) is 0 Å². The first-order valence-electron chi connectivity index (χ1n) is 8.14. The average molecular weight is 330 g/mol. The highest BCUT2D eigenvalue weighted by molar-refractivity contribution is 5.85. The van der Waals surface area contributed by atoms with Crippen molar-refractivity contribution in [2.75, 3.05) is 12.4 Å². The number of hydrogen-bond acceptors (Lipinski definition) is 5. The smallest absolute Gasteiger partial charge is 0.222 e. The quantitative estimate of drug-likeness (QED) is 0.594. The van der Waals surface area contributed by atoms with Crippen LogP contribution in [0.25, 0.3) is 33.2 Å². The largest absolute Gasteiger partial charge is 0.361 e. The van der Waals surface area contributed by atoms with E-state index in [9.17, 15) is 0 Å². The summed E-state index contributed by atoms with van der Waals surface area (Å²) in [5, 5.41) is 8.03. The van der Waals surface area contributed by atoms with Crippen LogP contribution in [0.2, 0.25) is 0 Å². The predicted octanol–water partition coefficient (Wildman–Crippen LogP) is 4.61. The molecule has 0 unspecified atom stereocenters. The fourth-order valence-corrected chi connectivity index (χ4v) is 3.08. The minimum Gasteiger partial charge on any atom is -0.361 e. The number of fused-ring (bicyclic) bond motifs is 1. The van der Waals surface area contributed by atoms with Gasteiger partial charge >= 0.3 is 0 Å². The number of benzene rings is 2. The molecule has 0 atom stereocenters. The summed E-state index contributed by atoms with van der Waals surface area (Å²) >= 11 is 0. The van der Waals surface area contributed by atoms with Gasteiger partial charge in [0, 0.05) is 24.2 Å². The van der Waals surface area contributed by atoms with E-state index in [-0.39, 0.29) is 0 Å². The molecule has 0 saturated heterocycles. The molecule has 0 fully saturated rings. The van der Waals surface area contributed by atoms with Gasteiger partial charge in [-0.15, -0.1) is 0 Å². The van der Waals surface area contributed by atoms with E-state index in [1.165, 1.54) is 0 Å². The van der Waals surface area contributed by atoms with Crippen molar-refractivity contribution in [3.05, 3.63) is 60.1 Å². The lowest BCUT2D eigenvalue weighted by Gasteiger charge is -2.07. The van der Waals surface area contributed by atoms with Crippen molar-refractivity contribution in [2.45, 2.75) is 13.8 Å². The Balaban J connectivity index is 1.80. The Morgan fingerprint density at radius 3 is 2.52 bits per heavy atom. The molecule has 0 saturated carbocycles. The van der Waals surface area contributed by atoms with Gasteiger partial charge in [0.05, 0.1) is 11.2 Å². The molecule has 124 valence electrons. The molecule has 25 heavy (non-hydrogen) atoms. The molecular formula is C20H18N4O. The van der Waals surface area contributed by atoms with Crippen molar-refractivity contribution in [3.63, 3.8) is 0 Å². The molecule has 2 aromatic heterocycles. The second kappa shape index (κ2) is 6.02. The fraction of sp³-hybridized carbons (Fsp3) is 0.150. The zero-order valence-corrected chi connectivity index (χ0v) is 14.4. The Bertz CT molecular complexity index is 1050. The standard InChI is InChI=1S/C20H18N4O/c1-12-19(13(2)25-24-12)16-6-4-5-14(9-16)15-7-8-18-17(10-15)11-22-20(21-3)23-18/h4-11H,1-3H3,(H,21,22,23). The van der Waals surface area contributed by atoms with Crippen LogP contribution in [0.3, 0.4) is 0 Å². The summed E-state index contributed by atoms with van der Waals surface area (Å²) in [7, 11) is 1.82. The van der Waals surface area contributed by atoms with Crippen LogP contribution >= 0.6 is 0 Å². The second-order valence-electron chi connectivity index (χ2n) is 6.00. The number of aryl methyl sites for hydroxylation is 2. The summed E-state index contributed by atoms with van der Waals surface area (Å²) in [6, 6.07) is 14.6. The van der Waals surface area contributed by atoms with Gasteiger partial charge in [-0.25, -0.2) is 9.97 Å². The van der Waals surface area contributed by atoms with E-state index in [1.54, 1.807) is 0 Å². The summed E-state index contributed by atoms with van der Waals surface area (Å²) in [6.45, 7) is 3.90. The molecule has 0 radical (unpaired) electrons. The third-order valence-electron chi connectivity index (χ3n) is 4.32. The molecule has 4 rings (SSSR count). The third kappa shape index (κ3) is 2.74. The monoisotopic (exact) mass is 330 g/mol. The maximum atomic E-state index is 5.30. The van der Waals surface area contributed by atoms with Crippen molar-refractivity contribution >= 4 is 16.9 Å². The van der Waals surface area contributed by atoms with Gasteiger partial charge < -0.3 is 9.84 Å². The molecule has 5 heteroatoms. The summed E-state index contributed by atoms with van der Waals surface area (Å²) < 4.78 is 5.30. The summed E-state index contributed by atoms with van der Waals surface area (Å²) in [6.07, 6.45) is 1.84. The molecular weight excluding hydrogens is 312 g/mol. The van der Waals surface area contributed by atoms with Gasteiger partial charge in [0.1, 0.15) is 5.76 Å². The van der Waals surface area contributed by atoms with E-state index < -0.39 is 0 Å². The first-order valence-corrected chi connectivity index (χ1v) is 8.14. The third-order valence-corrected chi connectivity index (χ3v) is 4.32. The number of aromatic nitrogens is 3. The van der Waals surface area contributed by atoms with Crippen molar-refractivity contribution in [3.8, 4) is 22.3 Å². The maximum absolute atomic E-state index is 5.30. The summed E-state index contributed by atoms with van der Waals surface area (Å²) in [5.41, 5.74) is 6.26. The lowest BCUT2D eigenvalue weighted by molar-refractivity contribution is 0.393. The molecule has 0 aliphatic carbocycles. The molecule has 1 N–H and O–H groups in total. The van der Waals surface area contributed by atoms with Crippen molar-refractivity contribution < 1.29 is 4.52 Å². The van der Waals surface area contributed by atoms with Crippen LogP contribution in [0.15, 0.2) is 53.2 Å². The van der Waals surface area contributed by atoms with E-state index >= 15 is 0 Å². The van der Waals surface area contributed by atoms with E-state index in [1.807, 2.05) is 33.2 Å². The van der Waals surface area contributed by atoms with Crippen molar-refractivity contribution in [1.82, 2.24) is 15.1 Å². The Morgan fingerprint density at radius 2 is 1.76 bits per heavy atom. The average Bonchev–Trinajstić information content (AvgIpc) is 2.99. The van der Waals surface area contributed by atoms with Crippen LogP contribution < -0.4 is 5.32 Å². The topological polar surface area (TPSA) is 63.8 Å². The zero-order chi connectivity index (χ0) is 17.4. The Labute approximate surface area is 145 Å². The highest BCUT2D eigenvalue weighted by atomic mass is 16.5. The van der Waals surface area contributed by atoms with Crippen LogP contribution in [-0.4, -0.2) is 22.2 Å². The molecule has 2 heterocycles. The SMILES string of the molecule is CNc1ncc2cc(-c3cccc(-c4c(C)noc4C)c3)ccc2n1. The fourth-order valence-electron chi connectivity index (χ4n) is 3.08. The Morgan fingerprint density at radius 1 is 0.960 bits per heavy atom. The first kappa shape index (κ1) is 15.3. The van der Waals surface area contributed by atoms with E-state index in [0.29, 0.717) is 5.95 Å². The van der Waals surface area contributed by atoms with Crippen molar-refractivity contribution in [2.24, 2.45) is 0 Å². The normalized spacial score (nSPS) is 11.0.